The van der Waals surface area contributed by atoms with Crippen molar-refractivity contribution < 1.29 is 9.90 Å². The zero-order valence-corrected chi connectivity index (χ0v) is 13.2. The number of carbonyl (C=O) groups is 1. The minimum absolute atomic E-state index is 0.398. The molecule has 0 aromatic carbocycles. The predicted octanol–water partition coefficient (Wildman–Crippen LogP) is 3.79. The lowest BCUT2D eigenvalue weighted by atomic mass is 10.2. The first-order chi connectivity index (χ1) is 8.72. The monoisotopic (exact) mass is 293 g/mol. The molecule has 0 aromatic rings. The van der Waals surface area contributed by atoms with E-state index in [0.29, 0.717) is 5.75 Å². The van der Waals surface area contributed by atoms with Crippen LogP contribution in [-0.2, 0) is 4.79 Å². The van der Waals surface area contributed by atoms with Gasteiger partial charge in [0.25, 0.3) is 0 Å². The second-order valence-corrected chi connectivity index (χ2v) is 6.99. The van der Waals surface area contributed by atoms with Crippen molar-refractivity contribution in [3.63, 3.8) is 0 Å². The highest BCUT2D eigenvalue weighted by molar-refractivity contribution is 8.76. The molecule has 0 saturated carbocycles. The lowest BCUT2D eigenvalue weighted by molar-refractivity contribution is -0.138. The molecule has 0 aliphatic heterocycles. The summed E-state index contributed by atoms with van der Waals surface area (Å²) in [7, 11) is 3.47. The highest BCUT2D eigenvalue weighted by atomic mass is 33.1. The Morgan fingerprint density at radius 1 is 1.11 bits per heavy atom. The average Bonchev–Trinajstić information content (AvgIpc) is 2.35. The third-order valence-electron chi connectivity index (χ3n) is 2.62. The molecule has 5 heteroatoms. The van der Waals surface area contributed by atoms with Crippen LogP contribution in [0.5, 0.6) is 0 Å². The molecule has 0 amide bonds. The van der Waals surface area contributed by atoms with Crippen molar-refractivity contribution in [2.45, 2.75) is 58.4 Å². The number of hydrogen-bond acceptors (Lipinski definition) is 4. The third kappa shape index (κ3) is 11.2. The Morgan fingerprint density at radius 2 is 1.78 bits per heavy atom. The summed E-state index contributed by atoms with van der Waals surface area (Å²) in [5.41, 5.74) is 0. The quantitative estimate of drug-likeness (QED) is 0.400. The lowest BCUT2D eigenvalue weighted by Gasteiger charge is -2.13. The summed E-state index contributed by atoms with van der Waals surface area (Å²) in [6, 6.07) is -0.398. The zero-order chi connectivity index (χ0) is 13.6. The number of carboxylic acid groups (broad SMARTS) is 1. The summed E-state index contributed by atoms with van der Waals surface area (Å²) in [5.74, 6) is 1.05. The maximum absolute atomic E-state index is 11.0. The molecular weight excluding hydrogens is 266 g/mol. The van der Waals surface area contributed by atoms with Gasteiger partial charge in [0.15, 0.2) is 0 Å². The van der Waals surface area contributed by atoms with Crippen molar-refractivity contribution in [2.75, 3.05) is 18.1 Å². The van der Waals surface area contributed by atoms with Crippen LogP contribution in [0.1, 0.15) is 52.4 Å². The van der Waals surface area contributed by atoms with Crippen LogP contribution in [0, 0.1) is 0 Å². The summed E-state index contributed by atoms with van der Waals surface area (Å²) in [6.45, 7) is 5.15. The second-order valence-electron chi connectivity index (χ2n) is 4.37. The topological polar surface area (TPSA) is 49.3 Å². The van der Waals surface area contributed by atoms with Crippen LogP contribution in [0.2, 0.25) is 0 Å². The summed E-state index contributed by atoms with van der Waals surface area (Å²) in [5, 5.41) is 12.2. The maximum atomic E-state index is 11.0. The van der Waals surface area contributed by atoms with Crippen LogP contribution in [0.25, 0.3) is 0 Å². The molecule has 0 rings (SSSR count). The third-order valence-corrected chi connectivity index (χ3v) is 5.12. The Balaban J connectivity index is 3.54. The molecule has 3 nitrogen and oxygen atoms in total. The van der Waals surface area contributed by atoms with Gasteiger partial charge in [-0.15, -0.1) is 0 Å². The fraction of sp³-hybridized carbons (Fsp3) is 0.923. The Kier molecular flexibility index (Phi) is 13.7. The zero-order valence-electron chi connectivity index (χ0n) is 11.6. The van der Waals surface area contributed by atoms with Crippen LogP contribution < -0.4 is 5.32 Å². The van der Waals surface area contributed by atoms with Crippen molar-refractivity contribution in [1.29, 1.82) is 0 Å². The minimum Gasteiger partial charge on any atom is -0.480 e. The van der Waals surface area contributed by atoms with E-state index in [1.54, 1.807) is 21.6 Å². The molecule has 0 radical (unpaired) electrons. The highest BCUT2D eigenvalue weighted by Gasteiger charge is 2.16. The van der Waals surface area contributed by atoms with Gasteiger partial charge in [-0.3, -0.25) is 4.79 Å². The van der Waals surface area contributed by atoms with Crippen LogP contribution in [0.3, 0.4) is 0 Å². The number of aliphatic carboxylic acids is 1. The molecule has 0 heterocycles. The summed E-state index contributed by atoms with van der Waals surface area (Å²) in [4.78, 5) is 11.0. The number of carboxylic acids is 1. The number of hydrogen-bond donors (Lipinski definition) is 2. The Hall–Kier alpha value is 0.130. The van der Waals surface area contributed by atoms with Gasteiger partial charge in [-0.2, -0.15) is 0 Å². The molecule has 1 atom stereocenters. The van der Waals surface area contributed by atoms with Gasteiger partial charge >= 0.3 is 5.97 Å². The van der Waals surface area contributed by atoms with E-state index >= 15 is 0 Å². The van der Waals surface area contributed by atoms with Crippen molar-refractivity contribution in [3.8, 4) is 0 Å². The summed E-state index contributed by atoms with van der Waals surface area (Å²) in [6.07, 6.45) is 7.14. The van der Waals surface area contributed by atoms with Gasteiger partial charge in [0.2, 0.25) is 0 Å². The largest absolute Gasteiger partial charge is 0.480 e. The number of nitrogens with one attached hydrogen (secondary N) is 1. The highest BCUT2D eigenvalue weighted by Crippen LogP contribution is 2.23. The van der Waals surface area contributed by atoms with Crippen LogP contribution in [-0.4, -0.2) is 35.2 Å². The molecule has 0 unspecified atom stereocenters. The predicted molar refractivity (Wildman–Crippen MR) is 83.4 cm³/mol. The minimum atomic E-state index is -0.729. The average molecular weight is 293 g/mol. The van der Waals surface area contributed by atoms with E-state index in [4.69, 9.17) is 5.11 Å². The smallest absolute Gasteiger partial charge is 0.321 e. The van der Waals surface area contributed by atoms with E-state index in [1.807, 2.05) is 0 Å². The molecule has 0 fully saturated rings. The van der Waals surface area contributed by atoms with Gasteiger partial charge in [0.05, 0.1) is 0 Å². The maximum Gasteiger partial charge on any atom is 0.321 e. The molecular formula is C13H27NO2S2. The normalized spacial score (nSPS) is 12.6. The van der Waals surface area contributed by atoms with E-state index in [2.05, 4.69) is 19.2 Å². The lowest BCUT2D eigenvalue weighted by Crippen LogP contribution is -2.39. The summed E-state index contributed by atoms with van der Waals surface area (Å²) >= 11 is 0. The first-order valence-corrected chi connectivity index (χ1v) is 9.41. The van der Waals surface area contributed by atoms with Gasteiger partial charge in [-0.1, -0.05) is 61.1 Å². The summed E-state index contributed by atoms with van der Waals surface area (Å²) < 4.78 is 0. The van der Waals surface area contributed by atoms with E-state index in [0.717, 1.165) is 25.1 Å². The molecule has 18 heavy (non-hydrogen) atoms. The Morgan fingerprint density at radius 3 is 2.39 bits per heavy atom. The molecule has 0 aromatic heterocycles. The van der Waals surface area contributed by atoms with E-state index < -0.39 is 12.0 Å². The van der Waals surface area contributed by atoms with Gasteiger partial charge in [0.1, 0.15) is 6.04 Å². The van der Waals surface area contributed by atoms with Gasteiger partial charge in [-0.05, 0) is 19.4 Å². The molecule has 0 spiro atoms. The molecule has 0 aliphatic rings. The fourth-order valence-corrected chi connectivity index (χ4v) is 3.79. The Bertz CT molecular complexity index is 203. The molecule has 0 saturated heterocycles. The van der Waals surface area contributed by atoms with Gasteiger partial charge < -0.3 is 10.4 Å². The van der Waals surface area contributed by atoms with E-state index in [-0.39, 0.29) is 0 Å². The fourth-order valence-electron chi connectivity index (χ4n) is 1.45. The molecule has 0 aliphatic carbocycles. The molecule has 2 N–H and O–H groups in total. The van der Waals surface area contributed by atoms with Gasteiger partial charge in [-0.25, -0.2) is 0 Å². The standard InChI is InChI=1S/C13H27NO2S2/c1-3-5-7-9-14-12(13(15)16)11-18-17-10-8-6-4-2/h12,14H,3-11H2,1-2H3,(H,15,16)/t12-/m0/s1. The van der Waals surface area contributed by atoms with Crippen LogP contribution in [0.4, 0.5) is 0 Å². The first kappa shape index (κ1) is 18.1. The van der Waals surface area contributed by atoms with Crippen molar-refractivity contribution in [3.05, 3.63) is 0 Å². The second kappa shape index (κ2) is 13.6. The van der Waals surface area contributed by atoms with Crippen molar-refractivity contribution >= 4 is 27.6 Å². The van der Waals surface area contributed by atoms with Crippen LogP contribution in [0.15, 0.2) is 0 Å². The number of rotatable bonds is 13. The van der Waals surface area contributed by atoms with Crippen molar-refractivity contribution in [1.82, 2.24) is 5.32 Å². The Labute approximate surface area is 119 Å². The molecule has 0 bridgehead atoms. The van der Waals surface area contributed by atoms with Gasteiger partial charge in [0, 0.05) is 11.5 Å². The molecule has 108 valence electrons. The number of unbranched alkanes of at least 4 members (excludes halogenated alkanes) is 4. The van der Waals surface area contributed by atoms with Crippen LogP contribution >= 0.6 is 21.6 Å². The van der Waals surface area contributed by atoms with E-state index in [1.165, 1.54) is 25.7 Å². The SMILES string of the molecule is CCCCCN[C@@H](CSSCCCCC)C(=O)O. The van der Waals surface area contributed by atoms with E-state index in [9.17, 15) is 4.79 Å². The first-order valence-electron chi connectivity index (χ1n) is 6.93. The van der Waals surface area contributed by atoms with Crippen molar-refractivity contribution in [2.24, 2.45) is 0 Å².